The van der Waals surface area contributed by atoms with Gasteiger partial charge in [-0.15, -0.1) is 0 Å². The molecule has 1 heterocycles. The molecule has 0 spiro atoms. The van der Waals surface area contributed by atoms with Gasteiger partial charge in [-0.05, 0) is 67.6 Å². The number of hydrogen-bond donors (Lipinski definition) is 1. The van der Waals surface area contributed by atoms with Gasteiger partial charge in [0.2, 0.25) is 15.9 Å². The first-order valence-electron chi connectivity index (χ1n) is 12.6. The fourth-order valence-corrected chi connectivity index (χ4v) is 5.50. The number of piperidine rings is 1. The summed E-state index contributed by atoms with van der Waals surface area (Å²) in [5.74, 6) is 1.21. The molecule has 0 aliphatic carbocycles. The summed E-state index contributed by atoms with van der Waals surface area (Å²) in [6, 6.07) is 23.9. The zero-order valence-electron chi connectivity index (χ0n) is 21.6. The maximum absolute atomic E-state index is 13.0. The van der Waals surface area contributed by atoms with Gasteiger partial charge in [0.05, 0.1) is 18.0 Å². The molecule has 8 heteroatoms. The molecule has 196 valence electrons. The van der Waals surface area contributed by atoms with Crippen LogP contribution in [-0.4, -0.2) is 40.2 Å². The van der Waals surface area contributed by atoms with Gasteiger partial charge in [-0.1, -0.05) is 49.4 Å². The van der Waals surface area contributed by atoms with Crippen LogP contribution in [0, 0.1) is 5.92 Å². The number of anilines is 2. The van der Waals surface area contributed by atoms with Crippen molar-refractivity contribution in [1.82, 2.24) is 5.32 Å². The van der Waals surface area contributed by atoms with E-state index in [1.807, 2.05) is 37.3 Å². The molecule has 3 aromatic rings. The summed E-state index contributed by atoms with van der Waals surface area (Å²) in [5, 5.41) is 2.94. The Kier molecular flexibility index (Phi) is 8.38. The molecule has 1 aliphatic heterocycles. The van der Waals surface area contributed by atoms with E-state index in [4.69, 9.17) is 4.74 Å². The first-order chi connectivity index (χ1) is 17.7. The van der Waals surface area contributed by atoms with E-state index in [9.17, 15) is 13.2 Å². The average Bonchev–Trinajstić information content (AvgIpc) is 2.88. The standard InChI is InChI=1S/C29H35N3O4S/c1-22-10-9-19-31(20-22)25-17-15-24(16-18-25)23(2)30-29(33)21-32(37(3,34)35)27-13-7-8-14-28(27)36-26-11-5-4-6-12-26/h4-8,11-18,22-23H,9-10,19-21H2,1-3H3,(H,30,33). The van der Waals surface area contributed by atoms with Gasteiger partial charge in [-0.2, -0.15) is 0 Å². The summed E-state index contributed by atoms with van der Waals surface area (Å²) in [5.41, 5.74) is 2.45. The van der Waals surface area contributed by atoms with E-state index >= 15 is 0 Å². The topological polar surface area (TPSA) is 79.0 Å². The Bertz CT molecular complexity index is 1300. The van der Waals surface area contributed by atoms with Crippen molar-refractivity contribution >= 4 is 27.3 Å². The van der Waals surface area contributed by atoms with Crippen molar-refractivity contribution in [3.63, 3.8) is 0 Å². The van der Waals surface area contributed by atoms with Gasteiger partial charge in [0.25, 0.3) is 0 Å². The smallest absolute Gasteiger partial charge is 0.241 e. The number of sulfonamides is 1. The Morgan fingerprint density at radius 3 is 2.41 bits per heavy atom. The van der Waals surface area contributed by atoms with Gasteiger partial charge >= 0.3 is 0 Å². The molecule has 1 fully saturated rings. The van der Waals surface area contributed by atoms with E-state index < -0.39 is 15.9 Å². The minimum Gasteiger partial charge on any atom is -0.455 e. The number of carbonyl (C=O) groups is 1. The van der Waals surface area contributed by atoms with Crippen molar-refractivity contribution in [3.05, 3.63) is 84.4 Å². The van der Waals surface area contributed by atoms with Crippen molar-refractivity contribution in [2.45, 2.75) is 32.7 Å². The van der Waals surface area contributed by atoms with E-state index in [1.54, 1.807) is 36.4 Å². The largest absolute Gasteiger partial charge is 0.455 e. The van der Waals surface area contributed by atoms with Gasteiger partial charge < -0.3 is 15.0 Å². The summed E-state index contributed by atoms with van der Waals surface area (Å²) < 4.78 is 32.5. The number of carbonyl (C=O) groups excluding carboxylic acids is 1. The Labute approximate surface area is 220 Å². The van der Waals surface area contributed by atoms with E-state index in [0.717, 1.165) is 29.2 Å². The number of para-hydroxylation sites is 3. The number of ether oxygens (including phenoxy) is 1. The predicted octanol–water partition coefficient (Wildman–Crippen LogP) is 5.36. The van der Waals surface area contributed by atoms with Crippen molar-refractivity contribution < 1.29 is 17.9 Å². The molecule has 1 aliphatic rings. The number of nitrogens with one attached hydrogen (secondary N) is 1. The van der Waals surface area contributed by atoms with E-state index in [0.29, 0.717) is 23.1 Å². The highest BCUT2D eigenvalue weighted by Crippen LogP contribution is 2.33. The third kappa shape index (κ3) is 7.04. The molecule has 1 amide bonds. The molecule has 3 aromatic carbocycles. The van der Waals surface area contributed by atoms with Crippen LogP contribution in [0.3, 0.4) is 0 Å². The van der Waals surface area contributed by atoms with Crippen LogP contribution in [0.1, 0.15) is 38.3 Å². The lowest BCUT2D eigenvalue weighted by atomic mass is 9.99. The van der Waals surface area contributed by atoms with Crippen LogP contribution >= 0.6 is 0 Å². The van der Waals surface area contributed by atoms with Gasteiger partial charge in [0, 0.05) is 18.8 Å². The van der Waals surface area contributed by atoms with Crippen LogP contribution in [0.2, 0.25) is 0 Å². The molecule has 0 bridgehead atoms. The molecule has 2 atom stereocenters. The van der Waals surface area contributed by atoms with E-state index in [1.165, 1.54) is 18.5 Å². The van der Waals surface area contributed by atoms with Gasteiger partial charge in [-0.25, -0.2) is 8.42 Å². The second kappa shape index (κ2) is 11.7. The molecule has 0 saturated carbocycles. The highest BCUT2D eigenvalue weighted by molar-refractivity contribution is 7.92. The Hall–Kier alpha value is -3.52. The third-order valence-electron chi connectivity index (χ3n) is 6.59. The van der Waals surface area contributed by atoms with E-state index in [2.05, 4.69) is 29.3 Å². The Morgan fingerprint density at radius 1 is 1.05 bits per heavy atom. The molecule has 0 radical (unpaired) electrons. The fourth-order valence-electron chi connectivity index (χ4n) is 4.64. The van der Waals surface area contributed by atoms with Crippen LogP contribution in [0.5, 0.6) is 11.5 Å². The molecule has 0 aromatic heterocycles. The van der Waals surface area contributed by atoms with E-state index in [-0.39, 0.29) is 12.6 Å². The number of amides is 1. The molecule has 7 nitrogen and oxygen atoms in total. The second-order valence-corrected chi connectivity index (χ2v) is 11.6. The Morgan fingerprint density at radius 2 is 1.73 bits per heavy atom. The number of rotatable bonds is 9. The van der Waals surface area contributed by atoms with Crippen LogP contribution in [-0.2, 0) is 14.8 Å². The van der Waals surface area contributed by atoms with Crippen molar-refractivity contribution in [1.29, 1.82) is 0 Å². The summed E-state index contributed by atoms with van der Waals surface area (Å²) >= 11 is 0. The summed E-state index contributed by atoms with van der Waals surface area (Å²) in [6.07, 6.45) is 3.56. The highest BCUT2D eigenvalue weighted by atomic mass is 32.2. The monoisotopic (exact) mass is 521 g/mol. The zero-order chi connectivity index (χ0) is 26.4. The Balaban J connectivity index is 1.45. The van der Waals surface area contributed by atoms with Gasteiger partial charge in [0.1, 0.15) is 12.3 Å². The van der Waals surface area contributed by atoms with Crippen molar-refractivity contribution in [2.24, 2.45) is 5.92 Å². The molecule has 37 heavy (non-hydrogen) atoms. The maximum Gasteiger partial charge on any atom is 0.241 e. The van der Waals surface area contributed by atoms with Gasteiger partial charge in [0.15, 0.2) is 5.75 Å². The molecule has 4 rings (SSSR count). The first-order valence-corrected chi connectivity index (χ1v) is 14.5. The second-order valence-electron chi connectivity index (χ2n) is 9.73. The van der Waals surface area contributed by atoms with Crippen LogP contribution < -0.4 is 19.3 Å². The van der Waals surface area contributed by atoms with Crippen LogP contribution in [0.4, 0.5) is 11.4 Å². The SMILES string of the molecule is CC1CCCN(c2ccc(C(C)NC(=O)CN(c3ccccc3Oc3ccccc3)S(C)(=O)=O)cc2)C1. The zero-order valence-corrected chi connectivity index (χ0v) is 22.4. The normalized spacial score (nSPS) is 16.6. The maximum atomic E-state index is 13.0. The highest BCUT2D eigenvalue weighted by Gasteiger charge is 2.25. The lowest BCUT2D eigenvalue weighted by Crippen LogP contribution is -2.41. The molecule has 2 unspecified atom stereocenters. The van der Waals surface area contributed by atoms with Crippen molar-refractivity contribution in [2.75, 3.05) is 35.1 Å². The quantitative estimate of drug-likeness (QED) is 0.410. The first kappa shape index (κ1) is 26.5. The number of hydrogen-bond acceptors (Lipinski definition) is 5. The number of benzene rings is 3. The van der Waals surface area contributed by atoms with Gasteiger partial charge in [-0.3, -0.25) is 9.10 Å². The lowest BCUT2D eigenvalue weighted by molar-refractivity contribution is -0.120. The lowest BCUT2D eigenvalue weighted by Gasteiger charge is -2.33. The summed E-state index contributed by atoms with van der Waals surface area (Å²) in [6.45, 7) is 5.94. The van der Waals surface area contributed by atoms with Crippen LogP contribution in [0.25, 0.3) is 0 Å². The van der Waals surface area contributed by atoms with Crippen LogP contribution in [0.15, 0.2) is 78.9 Å². The fraction of sp³-hybridized carbons (Fsp3) is 0.345. The number of nitrogens with zero attached hydrogens (tertiary/aromatic N) is 2. The molecular weight excluding hydrogens is 486 g/mol. The molecular formula is C29H35N3O4S. The van der Waals surface area contributed by atoms with Crippen molar-refractivity contribution in [3.8, 4) is 11.5 Å². The average molecular weight is 522 g/mol. The summed E-state index contributed by atoms with van der Waals surface area (Å²) in [4.78, 5) is 15.4. The minimum atomic E-state index is -3.76. The summed E-state index contributed by atoms with van der Waals surface area (Å²) in [7, 11) is -3.76. The molecule has 1 N–H and O–H groups in total. The molecule has 1 saturated heterocycles. The third-order valence-corrected chi connectivity index (χ3v) is 7.71. The minimum absolute atomic E-state index is 0.279. The predicted molar refractivity (Wildman–Crippen MR) is 149 cm³/mol.